The van der Waals surface area contributed by atoms with Crippen molar-refractivity contribution in [2.75, 3.05) is 6.61 Å². The molecule has 0 saturated heterocycles. The number of carbonyl (C=O) groups is 1. The molecule has 1 heterocycles. The van der Waals surface area contributed by atoms with Gasteiger partial charge in [0.25, 0.3) is 5.91 Å². The predicted molar refractivity (Wildman–Crippen MR) is 80.6 cm³/mol. The molecule has 2 aromatic rings. The zero-order chi connectivity index (χ0) is 15.2. The number of benzene rings is 1. The van der Waals surface area contributed by atoms with Gasteiger partial charge in [0.1, 0.15) is 12.4 Å². The number of carbonyl (C=O) groups excluding carboxylic acids is 1. The number of hydrogen-bond acceptors (Lipinski definition) is 4. The van der Waals surface area contributed by atoms with Crippen LogP contribution in [0.25, 0.3) is 0 Å². The lowest BCUT2D eigenvalue weighted by atomic mass is 10.2. The van der Waals surface area contributed by atoms with Crippen molar-refractivity contribution in [3.8, 4) is 5.75 Å². The molecule has 0 bridgehead atoms. The number of nitrogens with one attached hydrogen (secondary N) is 1. The lowest BCUT2D eigenvalue weighted by molar-refractivity contribution is 0.0920. The molecule has 1 unspecified atom stereocenters. The van der Waals surface area contributed by atoms with Crippen LogP contribution in [0.1, 0.15) is 23.0 Å². The highest BCUT2D eigenvalue weighted by molar-refractivity contribution is 6.29. The van der Waals surface area contributed by atoms with E-state index >= 15 is 0 Å². The molecule has 1 atom stereocenters. The highest BCUT2D eigenvalue weighted by Crippen LogP contribution is 2.11. The molecule has 0 radical (unpaired) electrons. The van der Waals surface area contributed by atoms with Crippen LogP contribution >= 0.6 is 11.6 Å². The fraction of sp³-hybridized carbons (Fsp3) is 0.267. The number of halogens is 1. The van der Waals surface area contributed by atoms with Gasteiger partial charge in [0.15, 0.2) is 10.8 Å². The van der Waals surface area contributed by atoms with E-state index in [1.165, 1.54) is 17.7 Å². The van der Waals surface area contributed by atoms with Crippen LogP contribution in [0.2, 0.25) is 5.15 Å². The Morgan fingerprint density at radius 1 is 1.24 bits per heavy atom. The zero-order valence-corrected chi connectivity index (χ0v) is 12.6. The molecular formula is C15H16ClN3O2. The minimum atomic E-state index is -0.306. The summed E-state index contributed by atoms with van der Waals surface area (Å²) in [5, 5.41) is 10.4. The van der Waals surface area contributed by atoms with Gasteiger partial charge in [-0.25, -0.2) is 0 Å². The topological polar surface area (TPSA) is 64.1 Å². The van der Waals surface area contributed by atoms with Crippen LogP contribution in [0.15, 0.2) is 36.4 Å². The second-order valence-electron chi connectivity index (χ2n) is 4.74. The number of ether oxygens (including phenoxy) is 1. The summed E-state index contributed by atoms with van der Waals surface area (Å²) in [6.07, 6.45) is 0. The zero-order valence-electron chi connectivity index (χ0n) is 11.8. The summed E-state index contributed by atoms with van der Waals surface area (Å²) in [4.78, 5) is 11.9. The molecule has 110 valence electrons. The van der Waals surface area contributed by atoms with Crippen molar-refractivity contribution in [2.24, 2.45) is 0 Å². The van der Waals surface area contributed by atoms with E-state index in [1.54, 1.807) is 0 Å². The molecule has 0 aliphatic heterocycles. The van der Waals surface area contributed by atoms with Gasteiger partial charge in [-0.05, 0) is 38.1 Å². The molecule has 0 saturated carbocycles. The van der Waals surface area contributed by atoms with Crippen LogP contribution in [0.3, 0.4) is 0 Å². The van der Waals surface area contributed by atoms with Gasteiger partial charge in [-0.15, -0.1) is 10.2 Å². The summed E-state index contributed by atoms with van der Waals surface area (Å²) in [5.41, 5.74) is 1.39. The van der Waals surface area contributed by atoms with Crippen molar-refractivity contribution in [2.45, 2.75) is 19.9 Å². The van der Waals surface area contributed by atoms with Gasteiger partial charge < -0.3 is 10.1 Å². The van der Waals surface area contributed by atoms with E-state index in [4.69, 9.17) is 16.3 Å². The fourth-order valence-electron chi connectivity index (χ4n) is 1.63. The third-order valence-corrected chi connectivity index (χ3v) is 2.96. The number of amides is 1. The van der Waals surface area contributed by atoms with Crippen LogP contribution in [-0.2, 0) is 0 Å². The molecule has 1 aromatic carbocycles. The maximum atomic E-state index is 11.9. The van der Waals surface area contributed by atoms with Gasteiger partial charge in [-0.1, -0.05) is 29.3 Å². The Morgan fingerprint density at radius 2 is 1.95 bits per heavy atom. The van der Waals surface area contributed by atoms with Crippen LogP contribution in [0.5, 0.6) is 5.75 Å². The Labute approximate surface area is 128 Å². The lowest BCUT2D eigenvalue weighted by Crippen LogP contribution is -2.37. The van der Waals surface area contributed by atoms with Crippen molar-refractivity contribution < 1.29 is 9.53 Å². The molecule has 21 heavy (non-hydrogen) atoms. The number of nitrogens with zero attached hydrogens (tertiary/aromatic N) is 2. The second kappa shape index (κ2) is 7.04. The van der Waals surface area contributed by atoms with Gasteiger partial charge in [0.2, 0.25) is 0 Å². The van der Waals surface area contributed by atoms with Gasteiger partial charge in [0, 0.05) is 0 Å². The molecule has 5 nitrogen and oxygen atoms in total. The molecule has 0 fully saturated rings. The molecule has 1 amide bonds. The van der Waals surface area contributed by atoms with Gasteiger partial charge >= 0.3 is 0 Å². The summed E-state index contributed by atoms with van der Waals surface area (Å²) in [5.74, 6) is 0.465. The molecular weight excluding hydrogens is 290 g/mol. The summed E-state index contributed by atoms with van der Waals surface area (Å²) in [6, 6.07) is 10.6. The molecule has 6 heteroatoms. The van der Waals surface area contributed by atoms with Crippen LogP contribution in [0.4, 0.5) is 0 Å². The van der Waals surface area contributed by atoms with E-state index in [2.05, 4.69) is 15.5 Å². The van der Waals surface area contributed by atoms with E-state index in [0.29, 0.717) is 6.61 Å². The number of hydrogen-bond donors (Lipinski definition) is 1. The Morgan fingerprint density at radius 3 is 2.57 bits per heavy atom. The van der Waals surface area contributed by atoms with Crippen molar-refractivity contribution >= 4 is 17.5 Å². The van der Waals surface area contributed by atoms with Crippen LogP contribution < -0.4 is 10.1 Å². The highest BCUT2D eigenvalue weighted by atomic mass is 35.5. The summed E-state index contributed by atoms with van der Waals surface area (Å²) >= 11 is 5.63. The summed E-state index contributed by atoms with van der Waals surface area (Å²) < 4.78 is 5.61. The third-order valence-electron chi connectivity index (χ3n) is 2.76. The Balaban J connectivity index is 1.83. The van der Waals surface area contributed by atoms with Crippen LogP contribution in [-0.4, -0.2) is 28.8 Å². The first-order valence-electron chi connectivity index (χ1n) is 6.54. The highest BCUT2D eigenvalue weighted by Gasteiger charge is 2.12. The van der Waals surface area contributed by atoms with Crippen molar-refractivity contribution in [3.63, 3.8) is 0 Å². The van der Waals surface area contributed by atoms with Crippen molar-refractivity contribution in [3.05, 3.63) is 52.8 Å². The largest absolute Gasteiger partial charge is 0.491 e. The summed E-state index contributed by atoms with van der Waals surface area (Å²) in [7, 11) is 0. The first-order chi connectivity index (χ1) is 10.0. The first kappa shape index (κ1) is 15.3. The third kappa shape index (κ3) is 4.72. The SMILES string of the molecule is Cc1ccc(OCC(C)NC(=O)c2ccc(Cl)nn2)cc1. The number of rotatable bonds is 5. The Bertz CT molecular complexity index is 599. The van der Waals surface area contributed by atoms with Crippen molar-refractivity contribution in [1.82, 2.24) is 15.5 Å². The average Bonchev–Trinajstić information content (AvgIpc) is 2.47. The molecule has 1 aromatic heterocycles. The van der Waals surface area contributed by atoms with Crippen LogP contribution in [0, 0.1) is 6.92 Å². The Kier molecular flexibility index (Phi) is 5.11. The van der Waals surface area contributed by atoms with E-state index in [-0.39, 0.29) is 22.8 Å². The van der Waals surface area contributed by atoms with E-state index in [9.17, 15) is 4.79 Å². The fourth-order valence-corrected chi connectivity index (χ4v) is 1.73. The number of aromatic nitrogens is 2. The second-order valence-corrected chi connectivity index (χ2v) is 5.13. The molecule has 0 spiro atoms. The summed E-state index contributed by atoms with van der Waals surface area (Å²) in [6.45, 7) is 4.24. The molecule has 0 aliphatic carbocycles. The Hall–Kier alpha value is -2.14. The molecule has 2 rings (SSSR count). The molecule has 1 N–H and O–H groups in total. The van der Waals surface area contributed by atoms with Gasteiger partial charge in [-0.3, -0.25) is 4.79 Å². The minimum absolute atomic E-state index is 0.156. The van der Waals surface area contributed by atoms with E-state index < -0.39 is 0 Å². The monoisotopic (exact) mass is 305 g/mol. The molecule has 0 aliphatic rings. The maximum Gasteiger partial charge on any atom is 0.272 e. The minimum Gasteiger partial charge on any atom is -0.491 e. The number of aryl methyl sites for hydroxylation is 1. The van der Waals surface area contributed by atoms with Gasteiger partial charge in [-0.2, -0.15) is 0 Å². The smallest absolute Gasteiger partial charge is 0.272 e. The van der Waals surface area contributed by atoms with E-state index in [0.717, 1.165) is 5.75 Å². The maximum absolute atomic E-state index is 11.9. The average molecular weight is 306 g/mol. The first-order valence-corrected chi connectivity index (χ1v) is 6.92. The van der Waals surface area contributed by atoms with E-state index in [1.807, 2.05) is 38.1 Å². The van der Waals surface area contributed by atoms with Crippen molar-refractivity contribution in [1.29, 1.82) is 0 Å². The normalized spacial score (nSPS) is 11.8. The quantitative estimate of drug-likeness (QED) is 0.922. The standard InChI is InChI=1S/C15H16ClN3O2/c1-10-3-5-12(6-4-10)21-9-11(2)17-15(20)13-7-8-14(16)19-18-13/h3-8,11H,9H2,1-2H3,(H,17,20). The lowest BCUT2D eigenvalue weighted by Gasteiger charge is -2.14. The van der Waals surface area contributed by atoms with Gasteiger partial charge in [0.05, 0.1) is 6.04 Å². The predicted octanol–water partition coefficient (Wildman–Crippen LogP) is 2.64.